The van der Waals surface area contributed by atoms with Gasteiger partial charge >= 0.3 is 0 Å². The third-order valence-corrected chi connectivity index (χ3v) is 3.24. The molecule has 0 spiro atoms. The van der Waals surface area contributed by atoms with Gasteiger partial charge in [-0.1, -0.05) is 6.07 Å². The van der Waals surface area contributed by atoms with Crippen molar-refractivity contribution >= 4 is 11.6 Å². The van der Waals surface area contributed by atoms with Crippen molar-refractivity contribution in [2.24, 2.45) is 0 Å². The van der Waals surface area contributed by atoms with Crippen LogP contribution in [0.1, 0.15) is 5.82 Å². The van der Waals surface area contributed by atoms with E-state index < -0.39 is 0 Å². The molecule has 0 fully saturated rings. The van der Waals surface area contributed by atoms with Gasteiger partial charge in [-0.2, -0.15) is 0 Å². The molecule has 1 N–H and O–H groups in total. The predicted octanol–water partition coefficient (Wildman–Crippen LogP) is 1.61. The Hall–Kier alpha value is -2.96. The molecule has 118 valence electrons. The summed E-state index contributed by atoms with van der Waals surface area (Å²) in [7, 11) is 0. The van der Waals surface area contributed by atoms with E-state index in [0.717, 1.165) is 11.5 Å². The highest BCUT2D eigenvalue weighted by atomic mass is 19.1. The number of hydrogen-bond donors (Lipinski definition) is 1. The Morgan fingerprint density at radius 3 is 2.83 bits per heavy atom. The Bertz CT molecular complexity index is 801. The summed E-state index contributed by atoms with van der Waals surface area (Å²) in [5.41, 5.74) is 0.772. The van der Waals surface area contributed by atoms with E-state index >= 15 is 0 Å². The molecule has 0 saturated heterocycles. The number of nitrogens with one attached hydrogen (secondary N) is 1. The SMILES string of the molecule is O=C(COc1ccc(F)cc1)NCCc1nnc2ccccn12. The van der Waals surface area contributed by atoms with Crippen molar-refractivity contribution in [3.8, 4) is 5.75 Å². The average molecular weight is 314 g/mol. The lowest BCUT2D eigenvalue weighted by atomic mass is 10.3. The highest BCUT2D eigenvalue weighted by Crippen LogP contribution is 2.10. The number of ether oxygens (including phenoxy) is 1. The zero-order valence-corrected chi connectivity index (χ0v) is 12.3. The van der Waals surface area contributed by atoms with Crippen molar-refractivity contribution < 1.29 is 13.9 Å². The monoisotopic (exact) mass is 314 g/mol. The van der Waals surface area contributed by atoms with Gasteiger partial charge in [0, 0.05) is 19.2 Å². The summed E-state index contributed by atoms with van der Waals surface area (Å²) in [5, 5.41) is 10.9. The zero-order valence-electron chi connectivity index (χ0n) is 12.3. The van der Waals surface area contributed by atoms with Gasteiger partial charge in [-0.3, -0.25) is 9.20 Å². The number of aromatic nitrogens is 3. The molecule has 0 unspecified atom stereocenters. The Kier molecular flexibility index (Phi) is 4.46. The number of amides is 1. The second-order valence-corrected chi connectivity index (χ2v) is 4.89. The molecule has 1 aromatic carbocycles. The maximum Gasteiger partial charge on any atom is 0.257 e. The smallest absolute Gasteiger partial charge is 0.257 e. The van der Waals surface area contributed by atoms with Crippen LogP contribution in [0.3, 0.4) is 0 Å². The Labute approximate surface area is 131 Å². The number of carbonyl (C=O) groups excluding carboxylic acids is 1. The highest BCUT2D eigenvalue weighted by Gasteiger charge is 2.06. The normalized spacial score (nSPS) is 10.7. The molecule has 2 aromatic heterocycles. The Balaban J connectivity index is 1.45. The molecule has 2 heterocycles. The van der Waals surface area contributed by atoms with E-state index in [4.69, 9.17) is 4.74 Å². The molecule has 7 heteroatoms. The minimum absolute atomic E-state index is 0.119. The minimum Gasteiger partial charge on any atom is -0.484 e. The molecule has 0 aliphatic heterocycles. The number of halogens is 1. The van der Waals surface area contributed by atoms with Gasteiger partial charge in [0.05, 0.1) is 0 Å². The lowest BCUT2D eigenvalue weighted by Gasteiger charge is -2.07. The van der Waals surface area contributed by atoms with E-state index in [-0.39, 0.29) is 18.3 Å². The number of rotatable bonds is 6. The largest absolute Gasteiger partial charge is 0.484 e. The first-order valence-electron chi connectivity index (χ1n) is 7.16. The van der Waals surface area contributed by atoms with Gasteiger partial charge in [0.1, 0.15) is 17.4 Å². The van der Waals surface area contributed by atoms with Crippen molar-refractivity contribution in [2.45, 2.75) is 6.42 Å². The van der Waals surface area contributed by atoms with Gasteiger partial charge in [-0.05, 0) is 36.4 Å². The molecule has 0 aliphatic rings. The molecule has 1 amide bonds. The van der Waals surface area contributed by atoms with Gasteiger partial charge in [0.15, 0.2) is 12.3 Å². The first-order valence-corrected chi connectivity index (χ1v) is 7.16. The summed E-state index contributed by atoms with van der Waals surface area (Å²) >= 11 is 0. The molecule has 0 radical (unpaired) electrons. The van der Waals surface area contributed by atoms with E-state index in [1.165, 1.54) is 24.3 Å². The molecule has 0 aliphatic carbocycles. The summed E-state index contributed by atoms with van der Waals surface area (Å²) in [6.07, 6.45) is 2.44. The number of nitrogens with zero attached hydrogens (tertiary/aromatic N) is 3. The maximum absolute atomic E-state index is 12.7. The molecule has 6 nitrogen and oxygen atoms in total. The van der Waals surface area contributed by atoms with Crippen LogP contribution in [0.4, 0.5) is 4.39 Å². The van der Waals surface area contributed by atoms with Crippen LogP contribution in [0, 0.1) is 5.82 Å². The molecule has 23 heavy (non-hydrogen) atoms. The predicted molar refractivity (Wildman–Crippen MR) is 81.6 cm³/mol. The number of fused-ring (bicyclic) bond motifs is 1. The third kappa shape index (κ3) is 3.82. The second-order valence-electron chi connectivity index (χ2n) is 4.89. The van der Waals surface area contributed by atoms with Gasteiger partial charge in [0.2, 0.25) is 0 Å². The van der Waals surface area contributed by atoms with Crippen molar-refractivity contribution in [2.75, 3.05) is 13.2 Å². The highest BCUT2D eigenvalue weighted by molar-refractivity contribution is 5.77. The van der Waals surface area contributed by atoms with Crippen LogP contribution in [0.2, 0.25) is 0 Å². The molecule has 3 aromatic rings. The van der Waals surface area contributed by atoms with E-state index in [1.54, 1.807) is 0 Å². The van der Waals surface area contributed by atoms with Crippen LogP contribution < -0.4 is 10.1 Å². The lowest BCUT2D eigenvalue weighted by molar-refractivity contribution is -0.123. The van der Waals surface area contributed by atoms with Gasteiger partial charge in [0.25, 0.3) is 5.91 Å². The Morgan fingerprint density at radius 1 is 1.17 bits per heavy atom. The summed E-state index contributed by atoms with van der Waals surface area (Å²) in [6.45, 7) is 0.313. The fourth-order valence-corrected chi connectivity index (χ4v) is 2.11. The molecule has 0 bridgehead atoms. The van der Waals surface area contributed by atoms with Crippen LogP contribution >= 0.6 is 0 Å². The standard InChI is InChI=1S/C16H15FN4O2/c17-12-4-6-13(7-5-12)23-11-16(22)18-9-8-15-20-19-14-3-1-2-10-21(14)15/h1-7,10H,8-9,11H2,(H,18,22). The topological polar surface area (TPSA) is 68.5 Å². The van der Waals surface area contributed by atoms with Crippen LogP contribution in [-0.2, 0) is 11.2 Å². The molecule has 0 saturated carbocycles. The van der Waals surface area contributed by atoms with Gasteiger partial charge < -0.3 is 10.1 Å². The van der Waals surface area contributed by atoms with Crippen LogP contribution in [0.25, 0.3) is 5.65 Å². The van der Waals surface area contributed by atoms with Gasteiger partial charge in [-0.15, -0.1) is 10.2 Å². The van der Waals surface area contributed by atoms with Crippen molar-refractivity contribution in [3.05, 3.63) is 60.3 Å². The fourth-order valence-electron chi connectivity index (χ4n) is 2.11. The quantitative estimate of drug-likeness (QED) is 0.750. The number of benzene rings is 1. The van der Waals surface area contributed by atoms with Crippen LogP contribution in [0.5, 0.6) is 5.75 Å². The molecular formula is C16H15FN4O2. The maximum atomic E-state index is 12.7. The second kappa shape index (κ2) is 6.87. The van der Waals surface area contributed by atoms with Crippen molar-refractivity contribution in [1.82, 2.24) is 19.9 Å². The summed E-state index contributed by atoms with van der Waals surface area (Å²) in [4.78, 5) is 11.7. The van der Waals surface area contributed by atoms with Crippen molar-refractivity contribution in [3.63, 3.8) is 0 Å². The first kappa shape index (κ1) is 15.0. The number of hydrogen-bond acceptors (Lipinski definition) is 4. The first-order chi connectivity index (χ1) is 11.2. The van der Waals surface area contributed by atoms with Gasteiger partial charge in [-0.25, -0.2) is 4.39 Å². The van der Waals surface area contributed by atoms with Crippen LogP contribution in [-0.4, -0.2) is 33.7 Å². The summed E-state index contributed by atoms with van der Waals surface area (Å²) in [6, 6.07) is 11.2. The molecule has 3 rings (SSSR count). The van der Waals surface area contributed by atoms with E-state index in [1.807, 2.05) is 28.8 Å². The lowest BCUT2D eigenvalue weighted by Crippen LogP contribution is -2.30. The fraction of sp³-hybridized carbons (Fsp3) is 0.188. The average Bonchev–Trinajstić information content (AvgIpc) is 2.98. The molecule has 0 atom stereocenters. The zero-order chi connectivity index (χ0) is 16.1. The number of pyridine rings is 1. The van der Waals surface area contributed by atoms with Crippen LogP contribution in [0.15, 0.2) is 48.7 Å². The van der Waals surface area contributed by atoms with E-state index in [0.29, 0.717) is 18.7 Å². The van der Waals surface area contributed by atoms with E-state index in [9.17, 15) is 9.18 Å². The third-order valence-electron chi connectivity index (χ3n) is 3.24. The van der Waals surface area contributed by atoms with E-state index in [2.05, 4.69) is 15.5 Å². The molecular weight excluding hydrogens is 299 g/mol. The summed E-state index contributed by atoms with van der Waals surface area (Å²) in [5.74, 6) is 0.635. The van der Waals surface area contributed by atoms with Crippen molar-refractivity contribution in [1.29, 1.82) is 0 Å². The Morgan fingerprint density at radius 2 is 2.00 bits per heavy atom. The number of carbonyl (C=O) groups is 1. The minimum atomic E-state index is -0.345. The summed E-state index contributed by atoms with van der Waals surface area (Å²) < 4.78 is 19.9.